The summed E-state index contributed by atoms with van der Waals surface area (Å²) in [7, 11) is 0. The van der Waals surface area contributed by atoms with Crippen LogP contribution in [0.1, 0.15) is 26.4 Å². The van der Waals surface area contributed by atoms with E-state index in [-0.39, 0.29) is 28.5 Å². The molecule has 1 aromatic heterocycles. The molecule has 1 aromatic carbocycles. The Kier molecular flexibility index (Phi) is 2.90. The van der Waals surface area contributed by atoms with Crippen molar-refractivity contribution in [2.45, 2.75) is 6.42 Å². The van der Waals surface area contributed by atoms with Gasteiger partial charge in [-0.2, -0.15) is 5.10 Å². The number of H-pyrrole nitrogens is 2. The number of nitrogens with one attached hydrogen (secondary N) is 2. The molecule has 0 amide bonds. The van der Waals surface area contributed by atoms with Gasteiger partial charge in [-0.25, -0.2) is 0 Å². The summed E-state index contributed by atoms with van der Waals surface area (Å²) in [4.78, 5) is 38.5. The van der Waals surface area contributed by atoms with Gasteiger partial charge in [0.15, 0.2) is 16.3 Å². The van der Waals surface area contributed by atoms with Crippen molar-refractivity contribution in [3.63, 3.8) is 0 Å². The summed E-state index contributed by atoms with van der Waals surface area (Å²) in [6, 6.07) is 6.64. The molecule has 0 radical (unpaired) electrons. The van der Waals surface area contributed by atoms with Crippen LogP contribution < -0.4 is 5.56 Å². The molecule has 2 aromatic rings. The van der Waals surface area contributed by atoms with Crippen molar-refractivity contribution in [1.29, 1.82) is 0 Å². The standard InChI is InChI=1S/C13H9N3O3S/c17-10-6-3-1-2-4-7(6)11(18)8(10)5-9-12(19)14-13(20)16-15-9/h1-4,8H,5H2,(H2,14,16,19,20). The number of carbonyl (C=O) groups is 2. The maximum atomic E-state index is 12.2. The first-order valence-corrected chi connectivity index (χ1v) is 6.34. The third-order valence-electron chi connectivity index (χ3n) is 3.27. The number of benzene rings is 1. The normalized spacial score (nSPS) is 14.6. The second-order valence-electron chi connectivity index (χ2n) is 4.48. The first kappa shape index (κ1) is 12.6. The fraction of sp³-hybridized carbons (Fsp3) is 0.154. The van der Waals surface area contributed by atoms with Gasteiger partial charge >= 0.3 is 0 Å². The summed E-state index contributed by atoms with van der Waals surface area (Å²) >= 11 is 4.74. The number of ketones is 2. The Morgan fingerprint density at radius 1 is 1.10 bits per heavy atom. The van der Waals surface area contributed by atoms with Crippen LogP contribution in [0.2, 0.25) is 0 Å². The molecule has 0 saturated heterocycles. The second kappa shape index (κ2) is 4.61. The molecule has 6 nitrogen and oxygen atoms in total. The van der Waals surface area contributed by atoms with Crippen LogP contribution >= 0.6 is 12.2 Å². The Balaban J connectivity index is 1.98. The van der Waals surface area contributed by atoms with E-state index in [1.54, 1.807) is 24.3 Å². The van der Waals surface area contributed by atoms with Crippen LogP contribution in [0.25, 0.3) is 0 Å². The molecule has 0 unspecified atom stereocenters. The smallest absolute Gasteiger partial charge is 0.273 e. The minimum atomic E-state index is -0.884. The van der Waals surface area contributed by atoms with Gasteiger partial charge in [-0.05, 0) is 12.2 Å². The zero-order valence-electron chi connectivity index (χ0n) is 10.2. The number of fused-ring (bicyclic) bond motifs is 1. The molecule has 0 aliphatic heterocycles. The lowest BCUT2D eigenvalue weighted by Crippen LogP contribution is -2.25. The van der Waals surface area contributed by atoms with E-state index in [4.69, 9.17) is 12.2 Å². The first-order chi connectivity index (χ1) is 9.58. The number of aromatic amines is 2. The summed E-state index contributed by atoms with van der Waals surface area (Å²) in [5, 5.41) is 6.25. The van der Waals surface area contributed by atoms with Crippen LogP contribution in [0, 0.1) is 10.7 Å². The van der Waals surface area contributed by atoms with Crippen LogP contribution in [-0.2, 0) is 6.42 Å². The summed E-state index contributed by atoms with van der Waals surface area (Å²) in [6.07, 6.45) is -0.0339. The molecular formula is C13H9N3O3S. The average Bonchev–Trinajstić information content (AvgIpc) is 2.67. The van der Waals surface area contributed by atoms with E-state index < -0.39 is 11.5 Å². The van der Waals surface area contributed by atoms with Crippen molar-refractivity contribution in [1.82, 2.24) is 15.2 Å². The molecule has 1 aliphatic rings. The van der Waals surface area contributed by atoms with Gasteiger partial charge in [0.25, 0.3) is 5.56 Å². The Hall–Kier alpha value is -2.41. The third kappa shape index (κ3) is 1.92. The number of carbonyl (C=O) groups excluding carboxylic acids is 2. The molecule has 1 aliphatic carbocycles. The lowest BCUT2D eigenvalue weighted by Gasteiger charge is -2.04. The highest BCUT2D eigenvalue weighted by atomic mass is 32.1. The Morgan fingerprint density at radius 2 is 1.70 bits per heavy atom. The molecule has 0 fully saturated rings. The zero-order valence-corrected chi connectivity index (χ0v) is 11.0. The van der Waals surface area contributed by atoms with Crippen molar-refractivity contribution in [3.05, 3.63) is 56.2 Å². The fourth-order valence-corrected chi connectivity index (χ4v) is 2.43. The van der Waals surface area contributed by atoms with E-state index in [9.17, 15) is 14.4 Å². The van der Waals surface area contributed by atoms with Crippen molar-refractivity contribution < 1.29 is 9.59 Å². The molecule has 2 N–H and O–H groups in total. The number of rotatable bonds is 2. The molecule has 0 atom stereocenters. The van der Waals surface area contributed by atoms with E-state index in [0.29, 0.717) is 11.1 Å². The summed E-state index contributed by atoms with van der Waals surface area (Å²) in [6.45, 7) is 0. The fourth-order valence-electron chi connectivity index (χ4n) is 2.30. The van der Waals surface area contributed by atoms with E-state index >= 15 is 0 Å². The number of nitrogens with zero attached hydrogens (tertiary/aromatic N) is 1. The van der Waals surface area contributed by atoms with Crippen LogP contribution in [0.5, 0.6) is 0 Å². The minimum absolute atomic E-state index is 0.0339. The molecule has 0 bridgehead atoms. The van der Waals surface area contributed by atoms with Gasteiger partial charge in [0.1, 0.15) is 5.69 Å². The van der Waals surface area contributed by atoms with Crippen LogP contribution in [0.4, 0.5) is 0 Å². The topological polar surface area (TPSA) is 95.7 Å². The van der Waals surface area contributed by atoms with E-state index in [1.165, 1.54) is 0 Å². The molecular weight excluding hydrogens is 278 g/mol. The third-order valence-corrected chi connectivity index (χ3v) is 3.46. The maximum Gasteiger partial charge on any atom is 0.273 e. The summed E-state index contributed by atoms with van der Waals surface area (Å²) in [5.41, 5.74) is 0.425. The Bertz CT molecular complexity index is 802. The van der Waals surface area contributed by atoms with Gasteiger partial charge in [0.2, 0.25) is 0 Å². The van der Waals surface area contributed by atoms with Crippen LogP contribution in [-0.4, -0.2) is 26.7 Å². The number of hydrogen-bond donors (Lipinski definition) is 2. The molecule has 0 saturated carbocycles. The SMILES string of the molecule is O=C1c2ccccc2C(=O)C1Cc1n[nH]c(=S)[nH]c1=O. The highest BCUT2D eigenvalue weighted by molar-refractivity contribution is 7.71. The van der Waals surface area contributed by atoms with E-state index in [2.05, 4.69) is 15.2 Å². The molecule has 1 heterocycles. The Morgan fingerprint density at radius 3 is 2.25 bits per heavy atom. The van der Waals surface area contributed by atoms with Gasteiger partial charge in [0, 0.05) is 17.5 Å². The largest absolute Gasteiger partial charge is 0.296 e. The van der Waals surface area contributed by atoms with Gasteiger partial charge in [-0.3, -0.25) is 24.5 Å². The van der Waals surface area contributed by atoms with Crippen LogP contribution in [0.3, 0.4) is 0 Å². The molecule has 0 spiro atoms. The monoisotopic (exact) mass is 287 g/mol. The summed E-state index contributed by atoms with van der Waals surface area (Å²) < 4.78 is 0.103. The van der Waals surface area contributed by atoms with Gasteiger partial charge in [-0.15, -0.1) is 0 Å². The molecule has 7 heteroatoms. The molecule has 100 valence electrons. The number of aromatic nitrogens is 3. The average molecular weight is 287 g/mol. The van der Waals surface area contributed by atoms with Crippen molar-refractivity contribution in [3.8, 4) is 0 Å². The van der Waals surface area contributed by atoms with E-state index in [0.717, 1.165) is 0 Å². The van der Waals surface area contributed by atoms with Crippen molar-refractivity contribution >= 4 is 23.8 Å². The van der Waals surface area contributed by atoms with Crippen molar-refractivity contribution in [2.24, 2.45) is 5.92 Å². The predicted molar refractivity (Wildman–Crippen MR) is 72.3 cm³/mol. The van der Waals surface area contributed by atoms with Crippen molar-refractivity contribution in [2.75, 3.05) is 0 Å². The summed E-state index contributed by atoms with van der Waals surface area (Å²) in [5.74, 6) is -1.42. The first-order valence-electron chi connectivity index (χ1n) is 5.93. The minimum Gasteiger partial charge on any atom is -0.296 e. The highest BCUT2D eigenvalue weighted by Gasteiger charge is 2.38. The number of Topliss-reactive ketones (excluding diaryl/α,β-unsaturated/α-hetero) is 2. The second-order valence-corrected chi connectivity index (χ2v) is 4.89. The van der Waals surface area contributed by atoms with Crippen LogP contribution in [0.15, 0.2) is 29.1 Å². The quantitative estimate of drug-likeness (QED) is 0.636. The lowest BCUT2D eigenvalue weighted by atomic mass is 9.98. The number of hydrogen-bond acceptors (Lipinski definition) is 5. The molecule has 3 rings (SSSR count). The lowest BCUT2D eigenvalue weighted by molar-refractivity contribution is 0.0837. The zero-order chi connectivity index (χ0) is 14.3. The van der Waals surface area contributed by atoms with Gasteiger partial charge in [0.05, 0.1) is 5.92 Å². The van der Waals surface area contributed by atoms with Gasteiger partial charge < -0.3 is 0 Å². The van der Waals surface area contributed by atoms with Gasteiger partial charge in [-0.1, -0.05) is 24.3 Å². The van der Waals surface area contributed by atoms with E-state index in [1.807, 2.05) is 0 Å². The molecule has 20 heavy (non-hydrogen) atoms. The predicted octanol–water partition coefficient (Wildman–Crippen LogP) is 1.07. The maximum absolute atomic E-state index is 12.2. The Labute approximate surface area is 117 Å². The highest BCUT2D eigenvalue weighted by Crippen LogP contribution is 2.28.